The second-order valence-electron chi connectivity index (χ2n) is 12.8. The van der Waals surface area contributed by atoms with Crippen molar-refractivity contribution in [3.63, 3.8) is 0 Å². The molecular weight excluding hydrogens is 490 g/mol. The molecular formula is C33H37NO5. The molecule has 1 aliphatic heterocycles. The summed E-state index contributed by atoms with van der Waals surface area (Å²) in [4.78, 5) is 40.0. The highest BCUT2D eigenvalue weighted by Gasteiger charge is 2.48. The zero-order valence-electron chi connectivity index (χ0n) is 23.7. The molecule has 39 heavy (non-hydrogen) atoms. The third-order valence-electron chi connectivity index (χ3n) is 7.96. The molecule has 5 rings (SSSR count). The van der Waals surface area contributed by atoms with Gasteiger partial charge >= 0.3 is 0 Å². The number of para-hydroxylation sites is 1. The van der Waals surface area contributed by atoms with Crippen molar-refractivity contribution in [1.29, 1.82) is 0 Å². The molecule has 204 valence electrons. The van der Waals surface area contributed by atoms with Crippen molar-refractivity contribution in [3.8, 4) is 5.75 Å². The first kappa shape index (κ1) is 26.9. The van der Waals surface area contributed by atoms with Gasteiger partial charge in [0.25, 0.3) is 5.91 Å². The Kier molecular flexibility index (Phi) is 6.78. The van der Waals surface area contributed by atoms with Gasteiger partial charge in [0.1, 0.15) is 17.3 Å². The van der Waals surface area contributed by atoms with E-state index in [1.807, 2.05) is 50.2 Å². The van der Waals surface area contributed by atoms with Crippen LogP contribution < -0.4 is 10.1 Å². The lowest BCUT2D eigenvalue weighted by molar-refractivity contribution is -0.121. The fraction of sp³-hybridized carbons (Fsp3) is 0.424. The van der Waals surface area contributed by atoms with Crippen molar-refractivity contribution in [3.05, 3.63) is 81.8 Å². The Bertz CT molecular complexity index is 1390. The average Bonchev–Trinajstić information content (AvgIpc) is 2.82. The fourth-order valence-corrected chi connectivity index (χ4v) is 6.00. The zero-order chi connectivity index (χ0) is 28.1. The van der Waals surface area contributed by atoms with Gasteiger partial charge in [-0.1, -0.05) is 52.0 Å². The maximum absolute atomic E-state index is 13.6. The van der Waals surface area contributed by atoms with Crippen LogP contribution in [-0.4, -0.2) is 24.1 Å². The van der Waals surface area contributed by atoms with E-state index in [0.29, 0.717) is 65.3 Å². The summed E-state index contributed by atoms with van der Waals surface area (Å²) in [5.41, 5.74) is 4.31. The van der Waals surface area contributed by atoms with E-state index in [2.05, 4.69) is 33.0 Å². The van der Waals surface area contributed by atoms with Gasteiger partial charge in [0, 0.05) is 48.1 Å². The van der Waals surface area contributed by atoms with E-state index < -0.39 is 5.92 Å². The maximum Gasteiger partial charge on any atom is 0.262 e. The Hall–Kier alpha value is -3.67. The van der Waals surface area contributed by atoms with Crippen LogP contribution in [0.4, 0.5) is 5.69 Å². The van der Waals surface area contributed by atoms with E-state index in [9.17, 15) is 14.4 Å². The number of nitrogens with one attached hydrogen (secondary N) is 1. The fourth-order valence-electron chi connectivity index (χ4n) is 6.00. The Labute approximate surface area is 230 Å². The number of amides is 1. The minimum absolute atomic E-state index is 0.00211. The second kappa shape index (κ2) is 9.82. The normalized spacial score (nSPS) is 20.3. The Balaban J connectivity index is 1.49. The van der Waals surface area contributed by atoms with Crippen LogP contribution in [0.5, 0.6) is 5.75 Å². The standard InChI is InChI=1S/C33H37NO5/c1-19-11-12-21(13-20(19)2)34-28(37)18-38-25-10-8-7-9-22(25)29-30-23(35)14-32(3,4)16-26(30)39-27-17-33(5,6)15-24(36)31(27)29/h7-13,29H,14-18H2,1-6H3,(H,34,37). The van der Waals surface area contributed by atoms with Crippen LogP contribution in [0.25, 0.3) is 0 Å². The number of aryl methyl sites for hydroxylation is 2. The van der Waals surface area contributed by atoms with Gasteiger partial charge < -0.3 is 14.8 Å². The van der Waals surface area contributed by atoms with Crippen LogP contribution in [-0.2, 0) is 19.1 Å². The molecule has 2 aliphatic carbocycles. The van der Waals surface area contributed by atoms with Crippen LogP contribution in [0.2, 0.25) is 0 Å². The molecule has 2 aromatic rings. The van der Waals surface area contributed by atoms with Crippen molar-refractivity contribution in [1.82, 2.24) is 0 Å². The molecule has 0 saturated heterocycles. The summed E-state index contributed by atoms with van der Waals surface area (Å²) >= 11 is 0. The first-order chi connectivity index (χ1) is 18.3. The van der Waals surface area contributed by atoms with Crippen molar-refractivity contribution in [2.24, 2.45) is 10.8 Å². The van der Waals surface area contributed by atoms with Crippen molar-refractivity contribution in [2.45, 2.75) is 73.1 Å². The molecule has 1 amide bonds. The first-order valence-corrected chi connectivity index (χ1v) is 13.6. The minimum Gasteiger partial charge on any atom is -0.483 e. The third kappa shape index (κ3) is 5.42. The molecule has 0 radical (unpaired) electrons. The van der Waals surface area contributed by atoms with Gasteiger partial charge in [-0.05, 0) is 54.0 Å². The number of benzene rings is 2. The highest BCUT2D eigenvalue weighted by Crippen LogP contribution is 2.54. The van der Waals surface area contributed by atoms with Gasteiger partial charge in [0.15, 0.2) is 18.2 Å². The lowest BCUT2D eigenvalue weighted by atomic mass is 9.65. The molecule has 0 spiro atoms. The van der Waals surface area contributed by atoms with Gasteiger partial charge in [-0.3, -0.25) is 14.4 Å². The van der Waals surface area contributed by atoms with Crippen LogP contribution in [0.1, 0.15) is 76.0 Å². The summed E-state index contributed by atoms with van der Waals surface area (Å²) in [6, 6.07) is 13.2. The predicted molar refractivity (Wildman–Crippen MR) is 150 cm³/mol. The highest BCUT2D eigenvalue weighted by molar-refractivity contribution is 6.06. The maximum atomic E-state index is 13.6. The van der Waals surface area contributed by atoms with Crippen molar-refractivity contribution >= 4 is 23.2 Å². The molecule has 0 atom stereocenters. The number of ketones is 2. The minimum atomic E-state index is -0.574. The predicted octanol–water partition coefficient (Wildman–Crippen LogP) is 6.72. The summed E-state index contributed by atoms with van der Waals surface area (Å²) in [6.45, 7) is 12.1. The van der Waals surface area contributed by atoms with E-state index in [1.165, 1.54) is 0 Å². The van der Waals surface area contributed by atoms with E-state index >= 15 is 0 Å². The number of hydrogen-bond acceptors (Lipinski definition) is 5. The second-order valence-corrected chi connectivity index (χ2v) is 12.8. The molecule has 2 aromatic carbocycles. The van der Waals surface area contributed by atoms with Crippen LogP contribution >= 0.6 is 0 Å². The molecule has 1 N–H and O–H groups in total. The largest absolute Gasteiger partial charge is 0.483 e. The number of Topliss-reactive ketones (excluding diaryl/α,β-unsaturated/α-hetero) is 2. The lowest BCUT2D eigenvalue weighted by Gasteiger charge is -2.43. The lowest BCUT2D eigenvalue weighted by Crippen LogP contribution is -2.37. The van der Waals surface area contributed by atoms with E-state index in [0.717, 1.165) is 11.1 Å². The zero-order valence-corrected chi connectivity index (χ0v) is 23.7. The van der Waals surface area contributed by atoms with Gasteiger partial charge in [-0.2, -0.15) is 0 Å². The Morgan fingerprint density at radius 1 is 0.872 bits per heavy atom. The summed E-state index contributed by atoms with van der Waals surface area (Å²) < 4.78 is 12.5. The molecule has 0 unspecified atom stereocenters. The third-order valence-corrected chi connectivity index (χ3v) is 7.96. The van der Waals surface area contributed by atoms with Crippen LogP contribution in [0, 0.1) is 24.7 Å². The van der Waals surface area contributed by atoms with Gasteiger partial charge in [-0.25, -0.2) is 0 Å². The van der Waals surface area contributed by atoms with Crippen LogP contribution in [0.3, 0.4) is 0 Å². The molecule has 0 saturated carbocycles. The summed E-state index contributed by atoms with van der Waals surface area (Å²) in [5.74, 6) is 0.936. The van der Waals surface area contributed by atoms with Gasteiger partial charge in [0.2, 0.25) is 0 Å². The molecule has 0 bridgehead atoms. The number of ether oxygens (including phenoxy) is 2. The molecule has 1 heterocycles. The molecule has 0 fully saturated rings. The molecule has 6 nitrogen and oxygen atoms in total. The summed E-state index contributed by atoms with van der Waals surface area (Å²) in [6.07, 6.45) is 2.01. The van der Waals surface area contributed by atoms with Crippen molar-refractivity contribution in [2.75, 3.05) is 11.9 Å². The number of carbonyl (C=O) groups is 3. The average molecular weight is 528 g/mol. The highest BCUT2D eigenvalue weighted by atomic mass is 16.5. The van der Waals surface area contributed by atoms with Gasteiger partial charge in [-0.15, -0.1) is 0 Å². The van der Waals surface area contributed by atoms with Crippen LogP contribution in [0.15, 0.2) is 65.1 Å². The van der Waals surface area contributed by atoms with E-state index in [4.69, 9.17) is 9.47 Å². The smallest absolute Gasteiger partial charge is 0.262 e. The Morgan fingerprint density at radius 2 is 1.46 bits per heavy atom. The summed E-state index contributed by atoms with van der Waals surface area (Å²) in [5, 5.41) is 2.89. The monoisotopic (exact) mass is 527 g/mol. The first-order valence-electron chi connectivity index (χ1n) is 13.6. The number of rotatable bonds is 5. The van der Waals surface area contributed by atoms with Crippen molar-refractivity contribution < 1.29 is 23.9 Å². The van der Waals surface area contributed by atoms with E-state index in [1.54, 1.807) is 6.07 Å². The molecule has 0 aromatic heterocycles. The number of allylic oxidation sites excluding steroid dienone is 4. The topological polar surface area (TPSA) is 81.7 Å². The van der Waals surface area contributed by atoms with Gasteiger partial charge in [0.05, 0.1) is 5.92 Å². The number of carbonyl (C=O) groups excluding carboxylic acids is 3. The SMILES string of the molecule is Cc1ccc(NC(=O)COc2ccccc2C2C3=C(CC(C)(C)CC3=O)OC3=C2C(=O)CC(C)(C)C3)cc1C. The molecule has 3 aliphatic rings. The Morgan fingerprint density at radius 3 is 2.05 bits per heavy atom. The van der Waals surface area contributed by atoms with E-state index in [-0.39, 0.29) is 34.9 Å². The quantitative estimate of drug-likeness (QED) is 0.467. The summed E-state index contributed by atoms with van der Waals surface area (Å²) in [7, 11) is 0. The molecule has 6 heteroatoms. The number of anilines is 1. The number of hydrogen-bond donors (Lipinski definition) is 1.